The molecule has 0 bridgehead atoms. The Balaban J connectivity index is 1.44. The Labute approximate surface area is 136 Å². The molecule has 5 heteroatoms. The van der Waals surface area contributed by atoms with Crippen molar-refractivity contribution in [3.8, 4) is 5.75 Å². The van der Waals surface area contributed by atoms with Crippen molar-refractivity contribution in [1.82, 2.24) is 5.32 Å². The zero-order valence-corrected chi connectivity index (χ0v) is 12.9. The van der Waals surface area contributed by atoms with Gasteiger partial charge in [-0.2, -0.15) is 0 Å². The summed E-state index contributed by atoms with van der Waals surface area (Å²) in [6.45, 7) is 2.39. The minimum atomic E-state index is -0.486. The van der Waals surface area contributed by atoms with Gasteiger partial charge in [0, 0.05) is 6.54 Å². The van der Waals surface area contributed by atoms with E-state index in [0.717, 1.165) is 5.56 Å². The lowest BCUT2D eigenvalue weighted by molar-refractivity contribution is 0.0418. The number of ether oxygens (including phenoxy) is 3. The zero-order chi connectivity index (χ0) is 16.2. The van der Waals surface area contributed by atoms with E-state index in [1.165, 1.54) is 0 Å². The summed E-state index contributed by atoms with van der Waals surface area (Å²) in [5, 5.41) is 2.62. The monoisotopic (exact) mass is 315 g/mol. The Morgan fingerprint density at radius 3 is 2.22 bits per heavy atom. The summed E-state index contributed by atoms with van der Waals surface area (Å²) in [5.74, 6) is 0.514. The van der Waals surface area contributed by atoms with Crippen LogP contribution >= 0.6 is 0 Å². The van der Waals surface area contributed by atoms with Gasteiger partial charge >= 0.3 is 6.09 Å². The minimum Gasteiger partial charge on any atom is -0.410 e. The van der Waals surface area contributed by atoms with Gasteiger partial charge in [-0.15, -0.1) is 0 Å². The van der Waals surface area contributed by atoms with Crippen molar-refractivity contribution in [3.05, 3.63) is 66.2 Å². The average molecular weight is 315 g/mol. The van der Waals surface area contributed by atoms with Gasteiger partial charge in [-0.25, -0.2) is 4.79 Å². The second-order valence-electron chi connectivity index (χ2n) is 4.78. The Hall–Kier alpha value is -2.37. The summed E-state index contributed by atoms with van der Waals surface area (Å²) in [6.07, 6.45) is -0.486. The van der Waals surface area contributed by atoms with Crippen molar-refractivity contribution in [2.45, 2.75) is 6.61 Å². The number of carbonyl (C=O) groups excluding carboxylic acids is 1. The van der Waals surface area contributed by atoms with E-state index < -0.39 is 6.09 Å². The van der Waals surface area contributed by atoms with Gasteiger partial charge in [0.2, 0.25) is 0 Å². The first-order valence-electron chi connectivity index (χ1n) is 7.55. The van der Waals surface area contributed by atoms with Crippen molar-refractivity contribution < 1.29 is 19.0 Å². The summed E-state index contributed by atoms with van der Waals surface area (Å²) in [7, 11) is 0. The average Bonchev–Trinajstić information content (AvgIpc) is 2.59. The van der Waals surface area contributed by atoms with Crippen molar-refractivity contribution in [3.63, 3.8) is 0 Å². The van der Waals surface area contributed by atoms with E-state index in [2.05, 4.69) is 5.32 Å². The van der Waals surface area contributed by atoms with Crippen LogP contribution in [0.1, 0.15) is 5.56 Å². The predicted octanol–water partition coefficient (Wildman–Crippen LogP) is 3.01. The van der Waals surface area contributed by atoms with Crippen molar-refractivity contribution >= 4 is 6.09 Å². The summed E-state index contributed by atoms with van der Waals surface area (Å²) >= 11 is 0. The maximum atomic E-state index is 11.5. The van der Waals surface area contributed by atoms with Crippen molar-refractivity contribution in [2.75, 3.05) is 26.4 Å². The van der Waals surface area contributed by atoms with Crippen LogP contribution in [-0.2, 0) is 16.1 Å². The third kappa shape index (κ3) is 7.44. The molecule has 1 N–H and O–H groups in total. The molecule has 0 fully saturated rings. The van der Waals surface area contributed by atoms with E-state index in [4.69, 9.17) is 14.2 Å². The van der Waals surface area contributed by atoms with Gasteiger partial charge in [0.05, 0.1) is 26.4 Å². The lowest BCUT2D eigenvalue weighted by Crippen LogP contribution is -2.30. The van der Waals surface area contributed by atoms with Gasteiger partial charge in [0.25, 0.3) is 0 Å². The number of rotatable bonds is 9. The number of nitrogens with one attached hydrogen (secondary N) is 1. The highest BCUT2D eigenvalue weighted by atomic mass is 16.6. The fourth-order valence-electron chi connectivity index (χ4n) is 1.84. The van der Waals surface area contributed by atoms with Crippen LogP contribution < -0.4 is 10.1 Å². The summed E-state index contributed by atoms with van der Waals surface area (Å²) in [4.78, 5) is 11.5. The molecule has 2 aromatic carbocycles. The maximum absolute atomic E-state index is 11.5. The highest BCUT2D eigenvalue weighted by Crippen LogP contribution is 2.07. The molecule has 0 heterocycles. The first-order valence-corrected chi connectivity index (χ1v) is 7.55. The molecular weight excluding hydrogens is 294 g/mol. The lowest BCUT2D eigenvalue weighted by Gasteiger charge is -2.08. The number of amides is 1. The normalized spacial score (nSPS) is 10.3. The van der Waals surface area contributed by atoms with Crippen LogP contribution in [0, 0.1) is 0 Å². The number of para-hydroxylation sites is 1. The van der Waals surface area contributed by atoms with E-state index >= 15 is 0 Å². The van der Waals surface area contributed by atoms with E-state index in [1.807, 2.05) is 36.4 Å². The number of hydrogen-bond acceptors (Lipinski definition) is 4. The van der Waals surface area contributed by atoms with Crippen LogP contribution in [0.4, 0.5) is 4.79 Å². The Kier molecular flexibility index (Phi) is 7.66. The SMILES string of the molecule is O=C(NCCOCCOCc1ccccc1)Oc1ccccc1. The molecule has 1 amide bonds. The summed E-state index contributed by atoms with van der Waals surface area (Å²) in [5.41, 5.74) is 1.14. The number of benzene rings is 2. The van der Waals surface area contributed by atoms with Gasteiger partial charge in [-0.05, 0) is 17.7 Å². The molecule has 2 aromatic rings. The second kappa shape index (κ2) is 10.4. The molecular formula is C18H21NO4. The first-order chi connectivity index (χ1) is 11.3. The standard InChI is InChI=1S/C18H21NO4/c20-18(23-17-9-5-2-6-10-17)19-11-12-21-13-14-22-15-16-7-3-1-4-8-16/h1-10H,11-15H2,(H,19,20). The molecule has 0 aromatic heterocycles. The third-order valence-electron chi connectivity index (χ3n) is 2.95. The highest BCUT2D eigenvalue weighted by molar-refractivity contribution is 5.70. The molecule has 0 radical (unpaired) electrons. The molecule has 0 atom stereocenters. The van der Waals surface area contributed by atoms with E-state index in [9.17, 15) is 4.79 Å². The second-order valence-corrected chi connectivity index (χ2v) is 4.78. The van der Waals surface area contributed by atoms with Crippen LogP contribution in [0.25, 0.3) is 0 Å². The highest BCUT2D eigenvalue weighted by Gasteiger charge is 2.02. The smallest absolute Gasteiger partial charge is 0.410 e. The molecule has 0 unspecified atom stereocenters. The molecule has 122 valence electrons. The molecule has 23 heavy (non-hydrogen) atoms. The van der Waals surface area contributed by atoms with E-state index in [-0.39, 0.29) is 0 Å². The van der Waals surface area contributed by atoms with Gasteiger partial charge in [0.15, 0.2) is 0 Å². The Bertz CT molecular complexity index is 560. The molecule has 0 saturated heterocycles. The van der Waals surface area contributed by atoms with Crippen LogP contribution in [0.3, 0.4) is 0 Å². The maximum Gasteiger partial charge on any atom is 0.412 e. The van der Waals surface area contributed by atoms with Gasteiger partial charge in [-0.3, -0.25) is 0 Å². The Morgan fingerprint density at radius 2 is 1.48 bits per heavy atom. The molecule has 2 rings (SSSR count). The Morgan fingerprint density at radius 1 is 0.826 bits per heavy atom. The lowest BCUT2D eigenvalue weighted by atomic mass is 10.2. The van der Waals surface area contributed by atoms with Crippen LogP contribution in [-0.4, -0.2) is 32.5 Å². The van der Waals surface area contributed by atoms with E-state index in [0.29, 0.717) is 38.7 Å². The molecule has 0 aliphatic heterocycles. The quantitative estimate of drug-likeness (QED) is 0.723. The van der Waals surface area contributed by atoms with E-state index in [1.54, 1.807) is 24.3 Å². The van der Waals surface area contributed by atoms with Crippen molar-refractivity contribution in [2.24, 2.45) is 0 Å². The fraction of sp³-hybridized carbons (Fsp3) is 0.278. The third-order valence-corrected chi connectivity index (χ3v) is 2.95. The molecule has 5 nitrogen and oxygen atoms in total. The summed E-state index contributed by atoms with van der Waals surface area (Å²) in [6, 6.07) is 18.9. The first kappa shape index (κ1) is 17.0. The number of hydrogen-bond donors (Lipinski definition) is 1. The zero-order valence-electron chi connectivity index (χ0n) is 12.9. The van der Waals surface area contributed by atoms with Crippen LogP contribution in [0.15, 0.2) is 60.7 Å². The largest absolute Gasteiger partial charge is 0.412 e. The predicted molar refractivity (Wildman–Crippen MR) is 87.4 cm³/mol. The molecule has 0 spiro atoms. The van der Waals surface area contributed by atoms with Crippen LogP contribution in [0.2, 0.25) is 0 Å². The van der Waals surface area contributed by atoms with Crippen molar-refractivity contribution in [1.29, 1.82) is 0 Å². The number of carbonyl (C=O) groups is 1. The topological polar surface area (TPSA) is 56.8 Å². The van der Waals surface area contributed by atoms with Gasteiger partial charge < -0.3 is 19.5 Å². The fourth-order valence-corrected chi connectivity index (χ4v) is 1.84. The van der Waals surface area contributed by atoms with Gasteiger partial charge in [-0.1, -0.05) is 48.5 Å². The molecule has 0 aliphatic rings. The van der Waals surface area contributed by atoms with Gasteiger partial charge in [0.1, 0.15) is 5.75 Å². The van der Waals surface area contributed by atoms with Crippen LogP contribution in [0.5, 0.6) is 5.75 Å². The minimum absolute atomic E-state index is 0.393. The molecule has 0 saturated carbocycles. The molecule has 0 aliphatic carbocycles. The summed E-state index contributed by atoms with van der Waals surface area (Å²) < 4.78 is 15.9.